The third kappa shape index (κ3) is 3.85. The van der Waals surface area contributed by atoms with Gasteiger partial charge in [0.1, 0.15) is 5.01 Å². The van der Waals surface area contributed by atoms with Crippen LogP contribution in [0.2, 0.25) is 0 Å². The molecule has 0 saturated carbocycles. The molecule has 0 amide bonds. The summed E-state index contributed by atoms with van der Waals surface area (Å²) in [6.45, 7) is 10.3. The van der Waals surface area contributed by atoms with E-state index in [1.54, 1.807) is 11.3 Å². The number of hydrogen-bond acceptors (Lipinski definition) is 4. The molecule has 2 aromatic heterocycles. The second-order valence-electron chi connectivity index (χ2n) is 5.75. The SMILES string of the molecule is Cc1cccnc1CNCc1nc(C(C)(C)C)cs1. The number of nitrogens with zero attached hydrogens (tertiary/aromatic N) is 2. The lowest BCUT2D eigenvalue weighted by molar-refractivity contribution is 0.568. The number of hydrogen-bond donors (Lipinski definition) is 1. The number of thiazole rings is 1. The van der Waals surface area contributed by atoms with Gasteiger partial charge in [-0.05, 0) is 18.6 Å². The highest BCUT2D eigenvalue weighted by Gasteiger charge is 2.17. The topological polar surface area (TPSA) is 37.8 Å². The molecule has 2 aromatic rings. The van der Waals surface area contributed by atoms with Crippen molar-refractivity contribution in [3.05, 3.63) is 45.7 Å². The Balaban J connectivity index is 1.90. The summed E-state index contributed by atoms with van der Waals surface area (Å²) in [5.74, 6) is 0. The van der Waals surface area contributed by atoms with Crippen molar-refractivity contribution in [1.29, 1.82) is 0 Å². The molecule has 3 nitrogen and oxygen atoms in total. The summed E-state index contributed by atoms with van der Waals surface area (Å²) in [5, 5.41) is 6.70. The Morgan fingerprint density at radius 1 is 1.26 bits per heavy atom. The maximum absolute atomic E-state index is 4.67. The van der Waals surface area contributed by atoms with E-state index in [-0.39, 0.29) is 5.41 Å². The van der Waals surface area contributed by atoms with Crippen molar-refractivity contribution < 1.29 is 0 Å². The second-order valence-corrected chi connectivity index (χ2v) is 6.69. The monoisotopic (exact) mass is 275 g/mol. The Bertz CT molecular complexity index is 540. The van der Waals surface area contributed by atoms with E-state index in [1.807, 2.05) is 12.3 Å². The molecule has 0 fully saturated rings. The van der Waals surface area contributed by atoms with Gasteiger partial charge in [-0.25, -0.2) is 4.98 Å². The molecular weight excluding hydrogens is 254 g/mol. The van der Waals surface area contributed by atoms with Crippen molar-refractivity contribution in [2.24, 2.45) is 0 Å². The summed E-state index contributed by atoms with van der Waals surface area (Å²) in [6.07, 6.45) is 1.84. The number of aryl methyl sites for hydroxylation is 1. The fourth-order valence-electron chi connectivity index (χ4n) is 1.73. The summed E-state index contributed by atoms with van der Waals surface area (Å²) in [7, 11) is 0. The van der Waals surface area contributed by atoms with Crippen LogP contribution in [-0.4, -0.2) is 9.97 Å². The predicted molar refractivity (Wildman–Crippen MR) is 80.3 cm³/mol. The maximum Gasteiger partial charge on any atom is 0.107 e. The van der Waals surface area contributed by atoms with Gasteiger partial charge >= 0.3 is 0 Å². The van der Waals surface area contributed by atoms with Gasteiger partial charge in [0, 0.05) is 30.1 Å². The van der Waals surface area contributed by atoms with Crippen LogP contribution in [0.1, 0.15) is 42.7 Å². The molecule has 0 saturated heterocycles. The molecule has 0 spiro atoms. The van der Waals surface area contributed by atoms with E-state index in [4.69, 9.17) is 0 Å². The molecule has 0 aliphatic heterocycles. The molecule has 1 N–H and O–H groups in total. The number of aromatic nitrogens is 2. The molecule has 0 aliphatic rings. The summed E-state index contributed by atoms with van der Waals surface area (Å²) in [6, 6.07) is 4.06. The van der Waals surface area contributed by atoms with Crippen molar-refractivity contribution in [1.82, 2.24) is 15.3 Å². The summed E-state index contributed by atoms with van der Waals surface area (Å²) < 4.78 is 0. The van der Waals surface area contributed by atoms with E-state index < -0.39 is 0 Å². The van der Waals surface area contributed by atoms with Gasteiger partial charge in [-0.2, -0.15) is 0 Å². The third-order valence-electron chi connectivity index (χ3n) is 3.01. The van der Waals surface area contributed by atoms with E-state index >= 15 is 0 Å². The molecule has 0 unspecified atom stereocenters. The van der Waals surface area contributed by atoms with Crippen molar-refractivity contribution >= 4 is 11.3 Å². The molecule has 0 radical (unpaired) electrons. The lowest BCUT2D eigenvalue weighted by Gasteiger charge is -2.14. The van der Waals surface area contributed by atoms with Gasteiger partial charge in [0.15, 0.2) is 0 Å². The van der Waals surface area contributed by atoms with Gasteiger partial charge in [0.2, 0.25) is 0 Å². The molecule has 102 valence electrons. The minimum Gasteiger partial charge on any atom is -0.305 e. The fraction of sp³-hybridized carbons (Fsp3) is 0.467. The molecule has 4 heteroatoms. The van der Waals surface area contributed by atoms with Gasteiger partial charge in [-0.15, -0.1) is 11.3 Å². The summed E-state index contributed by atoms with van der Waals surface area (Å²) in [5.41, 5.74) is 3.63. The van der Waals surface area contributed by atoms with Gasteiger partial charge in [-0.1, -0.05) is 26.8 Å². The average molecular weight is 275 g/mol. The smallest absolute Gasteiger partial charge is 0.107 e. The zero-order valence-electron chi connectivity index (χ0n) is 12.0. The average Bonchev–Trinajstić information content (AvgIpc) is 2.80. The first-order valence-corrected chi connectivity index (χ1v) is 7.41. The highest BCUT2D eigenvalue weighted by atomic mass is 32.1. The minimum absolute atomic E-state index is 0.131. The highest BCUT2D eigenvalue weighted by molar-refractivity contribution is 7.09. The van der Waals surface area contributed by atoms with Gasteiger partial charge < -0.3 is 5.32 Å². The molecule has 2 rings (SSSR count). The summed E-state index contributed by atoms with van der Waals surface area (Å²) >= 11 is 1.72. The zero-order valence-corrected chi connectivity index (χ0v) is 12.8. The maximum atomic E-state index is 4.67. The Morgan fingerprint density at radius 3 is 2.68 bits per heavy atom. The van der Waals surface area contributed by atoms with Gasteiger partial charge in [0.25, 0.3) is 0 Å². The van der Waals surface area contributed by atoms with Crippen LogP contribution in [-0.2, 0) is 18.5 Å². The largest absolute Gasteiger partial charge is 0.305 e. The molecule has 2 heterocycles. The van der Waals surface area contributed by atoms with Crippen molar-refractivity contribution in [2.75, 3.05) is 0 Å². The van der Waals surface area contributed by atoms with E-state index in [0.717, 1.165) is 23.8 Å². The Kier molecular flexibility index (Phi) is 4.32. The van der Waals surface area contributed by atoms with Crippen LogP contribution in [0.4, 0.5) is 0 Å². The van der Waals surface area contributed by atoms with E-state index in [1.165, 1.54) is 11.3 Å². The van der Waals surface area contributed by atoms with Crippen LogP contribution >= 0.6 is 11.3 Å². The first-order valence-electron chi connectivity index (χ1n) is 6.53. The Morgan fingerprint density at radius 2 is 2.05 bits per heavy atom. The molecule has 0 bridgehead atoms. The second kappa shape index (κ2) is 5.80. The highest BCUT2D eigenvalue weighted by Crippen LogP contribution is 2.23. The first-order chi connectivity index (χ1) is 8.97. The van der Waals surface area contributed by atoms with Gasteiger partial charge in [-0.3, -0.25) is 4.98 Å². The van der Waals surface area contributed by atoms with Crippen LogP contribution in [0, 0.1) is 6.92 Å². The normalized spacial score (nSPS) is 11.8. The standard InChI is InChI=1S/C15H21N3S/c1-11-6-5-7-17-12(11)8-16-9-14-18-13(10-19-14)15(2,3)4/h5-7,10,16H,8-9H2,1-4H3. The van der Waals surface area contributed by atoms with Crippen LogP contribution in [0.5, 0.6) is 0 Å². The third-order valence-corrected chi connectivity index (χ3v) is 3.86. The minimum atomic E-state index is 0.131. The molecule has 0 atom stereocenters. The van der Waals surface area contributed by atoms with E-state index in [0.29, 0.717) is 0 Å². The van der Waals surface area contributed by atoms with Crippen molar-refractivity contribution in [2.45, 2.75) is 46.2 Å². The molecular formula is C15H21N3S. The quantitative estimate of drug-likeness (QED) is 0.929. The molecule has 19 heavy (non-hydrogen) atoms. The number of rotatable bonds is 4. The lowest BCUT2D eigenvalue weighted by Crippen LogP contribution is -2.15. The van der Waals surface area contributed by atoms with Crippen molar-refractivity contribution in [3.63, 3.8) is 0 Å². The van der Waals surface area contributed by atoms with Crippen LogP contribution in [0.25, 0.3) is 0 Å². The van der Waals surface area contributed by atoms with Crippen molar-refractivity contribution in [3.8, 4) is 0 Å². The Hall–Kier alpha value is -1.26. The fourth-order valence-corrected chi connectivity index (χ4v) is 2.72. The van der Waals surface area contributed by atoms with E-state index in [9.17, 15) is 0 Å². The molecule has 0 aromatic carbocycles. The zero-order chi connectivity index (χ0) is 13.9. The Labute approximate surface area is 119 Å². The predicted octanol–water partition coefficient (Wildman–Crippen LogP) is 3.43. The summed E-state index contributed by atoms with van der Waals surface area (Å²) in [4.78, 5) is 9.05. The van der Waals surface area contributed by atoms with Crippen LogP contribution in [0.15, 0.2) is 23.7 Å². The first kappa shape index (κ1) is 14.2. The van der Waals surface area contributed by atoms with Gasteiger partial charge in [0.05, 0.1) is 11.4 Å². The number of pyridine rings is 1. The molecule has 0 aliphatic carbocycles. The lowest BCUT2D eigenvalue weighted by atomic mass is 9.93. The number of nitrogens with one attached hydrogen (secondary N) is 1. The van der Waals surface area contributed by atoms with Crippen LogP contribution < -0.4 is 5.32 Å². The van der Waals surface area contributed by atoms with Crippen LogP contribution in [0.3, 0.4) is 0 Å². The van der Waals surface area contributed by atoms with E-state index in [2.05, 4.69) is 54.4 Å².